The summed E-state index contributed by atoms with van der Waals surface area (Å²) in [5.41, 5.74) is 2.22. The van der Waals surface area contributed by atoms with Crippen molar-refractivity contribution in [2.24, 2.45) is 0 Å². The van der Waals surface area contributed by atoms with Gasteiger partial charge in [0.2, 0.25) is 5.91 Å². The third-order valence-electron chi connectivity index (χ3n) is 4.06. The lowest BCUT2D eigenvalue weighted by atomic mass is 10.1. The van der Waals surface area contributed by atoms with E-state index in [1.807, 2.05) is 35.2 Å². The monoisotopic (exact) mass is 309 g/mol. The first-order valence-electron chi connectivity index (χ1n) is 7.79. The summed E-state index contributed by atoms with van der Waals surface area (Å²) in [6.45, 7) is 0.636. The smallest absolute Gasteiger partial charge is 0.335 e. The Morgan fingerprint density at radius 1 is 0.957 bits per heavy atom. The van der Waals surface area contributed by atoms with Gasteiger partial charge in [0.1, 0.15) is 0 Å². The van der Waals surface area contributed by atoms with Gasteiger partial charge in [-0.2, -0.15) is 0 Å². The molecule has 1 aliphatic carbocycles. The third kappa shape index (κ3) is 3.97. The van der Waals surface area contributed by atoms with Crippen molar-refractivity contribution in [3.05, 3.63) is 71.3 Å². The minimum atomic E-state index is -0.952. The second-order valence-electron chi connectivity index (χ2n) is 5.92. The van der Waals surface area contributed by atoms with Gasteiger partial charge in [-0.05, 0) is 36.1 Å². The van der Waals surface area contributed by atoms with Crippen molar-refractivity contribution >= 4 is 11.9 Å². The van der Waals surface area contributed by atoms with E-state index in [9.17, 15) is 9.59 Å². The molecule has 0 aromatic heterocycles. The van der Waals surface area contributed by atoms with Crippen LogP contribution in [0.4, 0.5) is 0 Å². The predicted octanol–water partition coefficient (Wildman–Crippen LogP) is 3.12. The highest BCUT2D eigenvalue weighted by Gasteiger charge is 2.32. The zero-order valence-corrected chi connectivity index (χ0v) is 12.8. The highest BCUT2D eigenvalue weighted by atomic mass is 16.4. The number of aromatic carboxylic acids is 1. The molecule has 1 saturated carbocycles. The minimum absolute atomic E-state index is 0.0967. The van der Waals surface area contributed by atoms with E-state index in [-0.39, 0.29) is 11.5 Å². The summed E-state index contributed by atoms with van der Waals surface area (Å²) in [7, 11) is 0. The number of carboxylic acid groups (broad SMARTS) is 1. The van der Waals surface area contributed by atoms with Crippen molar-refractivity contribution in [1.82, 2.24) is 4.90 Å². The molecule has 1 amide bonds. The Balaban J connectivity index is 1.68. The molecule has 23 heavy (non-hydrogen) atoms. The summed E-state index contributed by atoms with van der Waals surface area (Å²) in [4.78, 5) is 25.4. The maximum Gasteiger partial charge on any atom is 0.335 e. The summed E-state index contributed by atoms with van der Waals surface area (Å²) < 4.78 is 0. The summed E-state index contributed by atoms with van der Waals surface area (Å²) in [6.07, 6.45) is 2.44. The molecule has 0 unspecified atom stereocenters. The quantitative estimate of drug-likeness (QED) is 0.892. The molecule has 4 heteroatoms. The molecule has 0 radical (unpaired) electrons. The standard InChI is InChI=1S/C19H19NO3/c21-18(12-14-6-8-16(9-7-14)19(22)23)20(17-10-11-17)13-15-4-2-1-3-5-15/h1-9,17H,10-13H2,(H,22,23). The Bertz CT molecular complexity index is 690. The van der Waals surface area contributed by atoms with E-state index in [0.29, 0.717) is 19.0 Å². The Morgan fingerprint density at radius 3 is 2.17 bits per heavy atom. The molecule has 2 aromatic carbocycles. The van der Waals surface area contributed by atoms with E-state index in [2.05, 4.69) is 0 Å². The highest BCUT2D eigenvalue weighted by molar-refractivity contribution is 5.87. The Kier molecular flexibility index (Phi) is 4.42. The van der Waals surface area contributed by atoms with Crippen LogP contribution in [0, 0.1) is 0 Å². The fourth-order valence-corrected chi connectivity index (χ4v) is 2.63. The molecule has 118 valence electrons. The van der Waals surface area contributed by atoms with Crippen LogP contribution in [-0.4, -0.2) is 27.9 Å². The van der Waals surface area contributed by atoms with E-state index in [1.165, 1.54) is 0 Å². The first-order valence-corrected chi connectivity index (χ1v) is 7.79. The molecule has 1 fully saturated rings. The molecular formula is C19H19NO3. The predicted molar refractivity (Wildman–Crippen MR) is 87.1 cm³/mol. The first kappa shape index (κ1) is 15.3. The number of carbonyl (C=O) groups excluding carboxylic acids is 1. The van der Waals surface area contributed by atoms with Crippen molar-refractivity contribution in [2.75, 3.05) is 0 Å². The van der Waals surface area contributed by atoms with E-state index >= 15 is 0 Å². The Hall–Kier alpha value is -2.62. The molecule has 1 aliphatic rings. The minimum Gasteiger partial charge on any atom is -0.478 e. The van der Waals surface area contributed by atoms with Crippen molar-refractivity contribution in [1.29, 1.82) is 0 Å². The fourth-order valence-electron chi connectivity index (χ4n) is 2.63. The SMILES string of the molecule is O=C(O)c1ccc(CC(=O)N(Cc2ccccc2)C2CC2)cc1. The Morgan fingerprint density at radius 2 is 1.61 bits per heavy atom. The first-order chi connectivity index (χ1) is 11.1. The zero-order chi connectivity index (χ0) is 16.2. The van der Waals surface area contributed by atoms with E-state index < -0.39 is 5.97 Å². The van der Waals surface area contributed by atoms with Crippen molar-refractivity contribution in [3.8, 4) is 0 Å². The molecule has 0 aliphatic heterocycles. The maximum atomic E-state index is 12.6. The number of amides is 1. The van der Waals surface area contributed by atoms with Gasteiger partial charge in [0.05, 0.1) is 12.0 Å². The normalized spacial score (nSPS) is 13.6. The summed E-state index contributed by atoms with van der Waals surface area (Å²) in [5.74, 6) is -0.856. The number of benzene rings is 2. The molecule has 0 bridgehead atoms. The van der Waals surface area contributed by atoms with Crippen LogP contribution in [0.1, 0.15) is 34.3 Å². The van der Waals surface area contributed by atoms with Crippen LogP contribution < -0.4 is 0 Å². The summed E-state index contributed by atoms with van der Waals surface area (Å²) in [5, 5.41) is 8.92. The van der Waals surface area contributed by atoms with Gasteiger partial charge in [-0.15, -0.1) is 0 Å². The number of carbonyl (C=O) groups is 2. The van der Waals surface area contributed by atoms with Gasteiger partial charge in [0.15, 0.2) is 0 Å². The fraction of sp³-hybridized carbons (Fsp3) is 0.263. The summed E-state index contributed by atoms with van der Waals surface area (Å²) >= 11 is 0. The molecule has 0 atom stereocenters. The van der Waals surface area contributed by atoms with Gasteiger partial charge in [-0.1, -0.05) is 42.5 Å². The molecule has 4 nitrogen and oxygen atoms in total. The molecule has 0 spiro atoms. The van der Waals surface area contributed by atoms with Crippen LogP contribution in [0.5, 0.6) is 0 Å². The van der Waals surface area contributed by atoms with Crippen LogP contribution in [0.15, 0.2) is 54.6 Å². The molecule has 0 heterocycles. The second kappa shape index (κ2) is 6.65. The summed E-state index contributed by atoms with van der Waals surface area (Å²) in [6, 6.07) is 16.9. The lowest BCUT2D eigenvalue weighted by Gasteiger charge is -2.22. The third-order valence-corrected chi connectivity index (χ3v) is 4.06. The van der Waals surface area contributed by atoms with Gasteiger partial charge in [0, 0.05) is 12.6 Å². The highest BCUT2D eigenvalue weighted by Crippen LogP contribution is 2.29. The molecular weight excluding hydrogens is 290 g/mol. The van der Waals surface area contributed by atoms with Gasteiger partial charge in [0.25, 0.3) is 0 Å². The van der Waals surface area contributed by atoms with Gasteiger partial charge >= 0.3 is 5.97 Å². The van der Waals surface area contributed by atoms with Crippen LogP contribution in [0.25, 0.3) is 0 Å². The number of nitrogens with zero attached hydrogens (tertiary/aromatic N) is 1. The van der Waals surface area contributed by atoms with E-state index in [4.69, 9.17) is 5.11 Å². The average molecular weight is 309 g/mol. The zero-order valence-electron chi connectivity index (χ0n) is 12.8. The van der Waals surface area contributed by atoms with Gasteiger partial charge in [-0.3, -0.25) is 4.79 Å². The lowest BCUT2D eigenvalue weighted by Crippen LogP contribution is -2.33. The van der Waals surface area contributed by atoms with Crippen LogP contribution in [0.2, 0.25) is 0 Å². The molecule has 2 aromatic rings. The molecule has 0 saturated heterocycles. The van der Waals surface area contributed by atoms with Crippen molar-refractivity contribution < 1.29 is 14.7 Å². The van der Waals surface area contributed by atoms with Crippen LogP contribution in [0.3, 0.4) is 0 Å². The maximum absolute atomic E-state index is 12.6. The second-order valence-corrected chi connectivity index (χ2v) is 5.92. The largest absolute Gasteiger partial charge is 0.478 e. The van der Waals surface area contributed by atoms with Crippen LogP contribution >= 0.6 is 0 Å². The lowest BCUT2D eigenvalue weighted by molar-refractivity contribution is -0.131. The average Bonchev–Trinajstić information content (AvgIpc) is 3.39. The van der Waals surface area contributed by atoms with E-state index in [0.717, 1.165) is 24.0 Å². The van der Waals surface area contributed by atoms with Gasteiger partial charge < -0.3 is 10.0 Å². The van der Waals surface area contributed by atoms with Gasteiger partial charge in [-0.25, -0.2) is 4.79 Å². The molecule has 3 rings (SSSR count). The number of hydrogen-bond acceptors (Lipinski definition) is 2. The van der Waals surface area contributed by atoms with Crippen LogP contribution in [-0.2, 0) is 17.8 Å². The molecule has 1 N–H and O–H groups in total. The number of rotatable bonds is 6. The number of hydrogen-bond donors (Lipinski definition) is 1. The van der Waals surface area contributed by atoms with E-state index in [1.54, 1.807) is 24.3 Å². The number of carboxylic acids is 1. The Labute approximate surface area is 135 Å². The van der Waals surface area contributed by atoms with Crippen molar-refractivity contribution in [2.45, 2.75) is 31.8 Å². The topological polar surface area (TPSA) is 57.6 Å². The van der Waals surface area contributed by atoms with Crippen molar-refractivity contribution in [3.63, 3.8) is 0 Å².